The van der Waals surface area contributed by atoms with Crippen LogP contribution in [0.4, 0.5) is 5.69 Å². The number of benzene rings is 2. The molecule has 3 rings (SSSR count). The summed E-state index contributed by atoms with van der Waals surface area (Å²) in [5.74, 6) is -0.482. The average Bonchev–Trinajstić information content (AvgIpc) is 2.81. The first-order valence-electron chi connectivity index (χ1n) is 7.07. The fourth-order valence-corrected chi connectivity index (χ4v) is 2.34. The molecule has 1 N–H and O–H groups in total. The lowest BCUT2D eigenvalue weighted by Gasteiger charge is -2.05. The second-order valence-corrected chi connectivity index (χ2v) is 5.14. The summed E-state index contributed by atoms with van der Waals surface area (Å²) in [5.41, 5.74) is 2.92. The van der Waals surface area contributed by atoms with Crippen LogP contribution in [0.3, 0.4) is 0 Å². The Bertz CT molecular complexity index is 862. The molecule has 0 aliphatic rings. The molecule has 0 saturated heterocycles. The Labute approximate surface area is 127 Å². The molecule has 0 spiro atoms. The molecule has 0 saturated carbocycles. The number of rotatable bonds is 4. The van der Waals surface area contributed by atoms with Crippen molar-refractivity contribution in [3.05, 3.63) is 64.6 Å². The molecule has 2 aromatic carbocycles. The first-order chi connectivity index (χ1) is 10.6. The molecule has 5 heteroatoms. The number of aromatic nitrogens is 1. The highest BCUT2D eigenvalue weighted by molar-refractivity contribution is 5.92. The summed E-state index contributed by atoms with van der Waals surface area (Å²) < 4.78 is 6.53. The van der Waals surface area contributed by atoms with Crippen LogP contribution in [-0.4, -0.2) is 10.5 Å². The zero-order valence-electron chi connectivity index (χ0n) is 12.2. The maximum Gasteiger partial charge on any atom is 0.419 e. The third-order valence-electron chi connectivity index (χ3n) is 3.56. The van der Waals surface area contributed by atoms with E-state index in [1.165, 1.54) is 4.57 Å². The molecule has 112 valence electrons. The summed E-state index contributed by atoms with van der Waals surface area (Å²) >= 11 is 0. The van der Waals surface area contributed by atoms with Crippen molar-refractivity contribution in [2.24, 2.45) is 7.05 Å². The van der Waals surface area contributed by atoms with Gasteiger partial charge in [-0.1, -0.05) is 30.3 Å². The molecule has 0 bridgehead atoms. The van der Waals surface area contributed by atoms with E-state index in [1.54, 1.807) is 25.2 Å². The fraction of sp³-hybridized carbons (Fsp3) is 0.176. The minimum Gasteiger partial charge on any atom is -0.408 e. The molecule has 0 aliphatic heterocycles. The number of nitrogens with one attached hydrogen (secondary N) is 1. The number of carbonyl (C=O) groups excluding carboxylic acids is 1. The maximum absolute atomic E-state index is 12.0. The van der Waals surface area contributed by atoms with Crippen LogP contribution >= 0.6 is 0 Å². The van der Waals surface area contributed by atoms with Gasteiger partial charge in [0.1, 0.15) is 0 Å². The van der Waals surface area contributed by atoms with Gasteiger partial charge in [-0.05, 0) is 24.1 Å². The molecule has 0 radical (unpaired) electrons. The van der Waals surface area contributed by atoms with Gasteiger partial charge in [-0.15, -0.1) is 0 Å². The lowest BCUT2D eigenvalue weighted by Crippen LogP contribution is -2.12. The number of hydrogen-bond donors (Lipinski definition) is 1. The summed E-state index contributed by atoms with van der Waals surface area (Å²) in [5, 5.41) is 2.82. The normalized spacial score (nSPS) is 10.8. The number of aryl methyl sites for hydroxylation is 2. The number of anilines is 1. The zero-order valence-corrected chi connectivity index (χ0v) is 12.2. The Morgan fingerprint density at radius 3 is 2.73 bits per heavy atom. The van der Waals surface area contributed by atoms with Crippen molar-refractivity contribution in [2.75, 3.05) is 5.32 Å². The van der Waals surface area contributed by atoms with Crippen molar-refractivity contribution < 1.29 is 9.21 Å². The molecule has 1 amide bonds. The maximum atomic E-state index is 12.0. The number of fused-ring (bicyclic) bond motifs is 1. The highest BCUT2D eigenvalue weighted by Gasteiger charge is 2.08. The van der Waals surface area contributed by atoms with E-state index in [0.717, 1.165) is 5.56 Å². The first kappa shape index (κ1) is 14.1. The van der Waals surface area contributed by atoms with Gasteiger partial charge >= 0.3 is 5.76 Å². The van der Waals surface area contributed by atoms with Crippen LogP contribution in [0.25, 0.3) is 11.1 Å². The lowest BCUT2D eigenvalue weighted by molar-refractivity contribution is -0.116. The van der Waals surface area contributed by atoms with Crippen molar-refractivity contribution in [3.8, 4) is 0 Å². The van der Waals surface area contributed by atoms with Gasteiger partial charge in [0.25, 0.3) is 0 Å². The molecule has 3 aromatic rings. The van der Waals surface area contributed by atoms with Crippen molar-refractivity contribution in [2.45, 2.75) is 12.8 Å². The predicted octanol–water partition coefficient (Wildman–Crippen LogP) is 2.70. The summed E-state index contributed by atoms with van der Waals surface area (Å²) in [7, 11) is 1.65. The summed E-state index contributed by atoms with van der Waals surface area (Å²) in [6, 6.07) is 15.0. The number of amides is 1. The van der Waals surface area contributed by atoms with Gasteiger partial charge in [-0.3, -0.25) is 9.36 Å². The Kier molecular flexibility index (Phi) is 3.78. The predicted molar refractivity (Wildman–Crippen MR) is 84.8 cm³/mol. The molecular formula is C17H16N2O3. The van der Waals surface area contributed by atoms with Crippen LogP contribution in [0.5, 0.6) is 0 Å². The molecule has 0 aliphatic carbocycles. The average molecular weight is 296 g/mol. The fourth-order valence-electron chi connectivity index (χ4n) is 2.34. The van der Waals surface area contributed by atoms with E-state index in [-0.39, 0.29) is 5.91 Å². The van der Waals surface area contributed by atoms with Crippen LogP contribution in [0.2, 0.25) is 0 Å². The summed E-state index contributed by atoms with van der Waals surface area (Å²) in [6.45, 7) is 0. The van der Waals surface area contributed by atoms with Gasteiger partial charge in [0.05, 0.1) is 5.52 Å². The second-order valence-electron chi connectivity index (χ2n) is 5.14. The first-order valence-corrected chi connectivity index (χ1v) is 7.07. The van der Waals surface area contributed by atoms with Gasteiger partial charge in [0, 0.05) is 25.2 Å². The smallest absolute Gasteiger partial charge is 0.408 e. The van der Waals surface area contributed by atoms with E-state index < -0.39 is 5.76 Å². The van der Waals surface area contributed by atoms with Crippen LogP contribution < -0.4 is 11.1 Å². The lowest BCUT2D eigenvalue weighted by atomic mass is 10.1. The minimum atomic E-state index is -0.414. The van der Waals surface area contributed by atoms with E-state index in [4.69, 9.17) is 4.42 Å². The molecular weight excluding hydrogens is 280 g/mol. The Morgan fingerprint density at radius 1 is 1.18 bits per heavy atom. The largest absolute Gasteiger partial charge is 0.419 e. The summed E-state index contributed by atoms with van der Waals surface area (Å²) in [6.07, 6.45) is 1.09. The number of hydrogen-bond acceptors (Lipinski definition) is 3. The molecule has 0 atom stereocenters. The van der Waals surface area contributed by atoms with E-state index in [1.807, 2.05) is 30.3 Å². The molecule has 1 heterocycles. The van der Waals surface area contributed by atoms with Crippen molar-refractivity contribution >= 4 is 22.7 Å². The quantitative estimate of drug-likeness (QED) is 0.805. The molecule has 22 heavy (non-hydrogen) atoms. The topological polar surface area (TPSA) is 64.2 Å². The van der Waals surface area contributed by atoms with E-state index in [2.05, 4.69) is 5.32 Å². The van der Waals surface area contributed by atoms with Crippen molar-refractivity contribution in [1.29, 1.82) is 0 Å². The van der Waals surface area contributed by atoms with Gasteiger partial charge in [-0.25, -0.2) is 4.79 Å². The van der Waals surface area contributed by atoms with Crippen LogP contribution in [0.1, 0.15) is 12.0 Å². The minimum absolute atomic E-state index is 0.0681. The van der Waals surface area contributed by atoms with Crippen LogP contribution in [0, 0.1) is 0 Å². The van der Waals surface area contributed by atoms with Crippen LogP contribution in [0.15, 0.2) is 57.7 Å². The second kappa shape index (κ2) is 5.89. The van der Waals surface area contributed by atoms with Gasteiger partial charge in [0.15, 0.2) is 5.58 Å². The summed E-state index contributed by atoms with van der Waals surface area (Å²) in [4.78, 5) is 23.4. The third kappa shape index (κ3) is 2.93. The number of carbonyl (C=O) groups is 1. The molecule has 1 aromatic heterocycles. The standard InChI is InChI=1S/C17H16N2O3/c1-19-14-9-8-13(11-15(14)22-17(19)21)18-16(20)10-7-12-5-3-2-4-6-12/h2-6,8-9,11H,7,10H2,1H3,(H,18,20). The van der Waals surface area contributed by atoms with E-state index in [0.29, 0.717) is 29.6 Å². The van der Waals surface area contributed by atoms with Crippen molar-refractivity contribution in [3.63, 3.8) is 0 Å². The highest BCUT2D eigenvalue weighted by atomic mass is 16.4. The highest BCUT2D eigenvalue weighted by Crippen LogP contribution is 2.18. The van der Waals surface area contributed by atoms with Gasteiger partial charge in [0.2, 0.25) is 5.91 Å². The third-order valence-corrected chi connectivity index (χ3v) is 3.56. The van der Waals surface area contributed by atoms with Crippen molar-refractivity contribution in [1.82, 2.24) is 4.57 Å². The Balaban J connectivity index is 1.67. The number of oxazole rings is 1. The van der Waals surface area contributed by atoms with E-state index in [9.17, 15) is 9.59 Å². The van der Waals surface area contributed by atoms with Crippen LogP contribution in [-0.2, 0) is 18.3 Å². The van der Waals surface area contributed by atoms with Gasteiger partial charge < -0.3 is 9.73 Å². The Morgan fingerprint density at radius 2 is 1.95 bits per heavy atom. The molecule has 0 fully saturated rings. The monoisotopic (exact) mass is 296 g/mol. The molecule has 0 unspecified atom stereocenters. The zero-order chi connectivity index (χ0) is 15.5. The van der Waals surface area contributed by atoms with E-state index >= 15 is 0 Å². The van der Waals surface area contributed by atoms with Gasteiger partial charge in [-0.2, -0.15) is 0 Å². The Hall–Kier alpha value is -2.82. The molecule has 5 nitrogen and oxygen atoms in total. The SMILES string of the molecule is Cn1c(=O)oc2cc(NC(=O)CCc3ccccc3)ccc21. The number of nitrogens with zero attached hydrogens (tertiary/aromatic N) is 1.